The van der Waals surface area contributed by atoms with Gasteiger partial charge in [0.1, 0.15) is 5.82 Å². The second kappa shape index (κ2) is 6.03. The number of H-pyrrole nitrogens is 2. The van der Waals surface area contributed by atoms with Gasteiger partial charge in [-0.3, -0.25) is 4.79 Å². The molecule has 0 aliphatic rings. The molecular weight excluding hydrogens is 340 g/mol. The molecule has 1 aromatic carbocycles. The third kappa shape index (κ3) is 2.97. The Morgan fingerprint density at radius 1 is 1.24 bits per heavy atom. The fourth-order valence-corrected chi connectivity index (χ4v) is 2.70. The van der Waals surface area contributed by atoms with Crippen LogP contribution in [0.15, 0.2) is 42.9 Å². The molecule has 0 saturated carbocycles. The molecule has 8 heteroatoms. The number of nitrogens with zero attached hydrogens (tertiary/aromatic N) is 3. The van der Waals surface area contributed by atoms with Gasteiger partial charge in [0.05, 0.1) is 10.5 Å². The highest BCUT2D eigenvalue weighted by Crippen LogP contribution is 2.30. The highest BCUT2D eigenvalue weighted by Gasteiger charge is 2.13. The van der Waals surface area contributed by atoms with E-state index in [9.17, 15) is 4.79 Å². The fraction of sp³-hybridized carbons (Fsp3) is 0.0588. The van der Waals surface area contributed by atoms with Crippen LogP contribution in [0.2, 0.25) is 5.02 Å². The largest absolute Gasteiger partial charge is 0.341 e. The first kappa shape index (κ1) is 15.3. The van der Waals surface area contributed by atoms with Crippen LogP contribution in [0.3, 0.4) is 0 Å². The van der Waals surface area contributed by atoms with Crippen molar-refractivity contribution in [3.63, 3.8) is 0 Å². The Morgan fingerprint density at radius 2 is 2.12 bits per heavy atom. The predicted molar refractivity (Wildman–Crippen MR) is 95.6 cm³/mol. The van der Waals surface area contributed by atoms with Crippen molar-refractivity contribution in [1.29, 1.82) is 0 Å². The minimum Gasteiger partial charge on any atom is -0.341 e. The van der Waals surface area contributed by atoms with E-state index < -0.39 is 0 Å². The number of rotatable bonds is 3. The Kier molecular flexibility index (Phi) is 3.70. The van der Waals surface area contributed by atoms with Crippen LogP contribution in [0, 0.1) is 6.92 Å². The number of imidazole rings is 2. The minimum absolute atomic E-state index is 0.236. The van der Waals surface area contributed by atoms with Gasteiger partial charge in [-0.2, -0.15) is 0 Å². The summed E-state index contributed by atoms with van der Waals surface area (Å²) in [4.78, 5) is 30.8. The van der Waals surface area contributed by atoms with Crippen molar-refractivity contribution >= 4 is 34.4 Å². The van der Waals surface area contributed by atoms with Crippen LogP contribution < -0.4 is 5.32 Å². The van der Waals surface area contributed by atoms with E-state index in [1.54, 1.807) is 30.6 Å². The number of carbonyl (C=O) groups excluding carboxylic acids is 1. The third-order valence-electron chi connectivity index (χ3n) is 3.67. The normalized spacial score (nSPS) is 11.0. The van der Waals surface area contributed by atoms with Gasteiger partial charge in [-0.1, -0.05) is 11.6 Å². The molecule has 0 aliphatic carbocycles. The molecule has 0 saturated heterocycles. The first-order valence-corrected chi connectivity index (χ1v) is 7.91. The summed E-state index contributed by atoms with van der Waals surface area (Å²) in [5.41, 5.74) is 3.74. The second-order valence-electron chi connectivity index (χ2n) is 5.56. The van der Waals surface area contributed by atoms with Gasteiger partial charge in [0.25, 0.3) is 5.91 Å². The maximum atomic E-state index is 12.1. The smallest absolute Gasteiger partial charge is 0.291 e. The molecule has 1 amide bonds. The lowest BCUT2D eigenvalue weighted by Crippen LogP contribution is -2.13. The molecule has 0 atom stereocenters. The summed E-state index contributed by atoms with van der Waals surface area (Å²) in [5, 5.41) is 3.30. The average molecular weight is 353 g/mol. The Balaban J connectivity index is 1.70. The van der Waals surface area contributed by atoms with Gasteiger partial charge in [-0.05, 0) is 36.8 Å². The molecule has 4 aromatic rings. The summed E-state index contributed by atoms with van der Waals surface area (Å²) in [7, 11) is 0. The van der Waals surface area contributed by atoms with Gasteiger partial charge in [0.15, 0.2) is 11.5 Å². The summed E-state index contributed by atoms with van der Waals surface area (Å²) in [6.07, 6.45) is 4.87. The van der Waals surface area contributed by atoms with E-state index in [1.165, 1.54) is 6.20 Å². The number of carbonyl (C=O) groups is 1. The molecule has 0 aliphatic heterocycles. The SMILES string of the molecule is Cc1cnc2nc(-c3cc(NC(=O)c4ncc[nH]4)ccc3Cl)[nH]c2c1. The molecule has 0 spiro atoms. The number of pyridine rings is 1. The number of aromatic nitrogens is 5. The molecular formula is C17H13ClN6O. The van der Waals surface area contributed by atoms with Crippen LogP contribution >= 0.6 is 11.6 Å². The summed E-state index contributed by atoms with van der Waals surface area (Å²) in [6, 6.07) is 7.15. The average Bonchev–Trinajstić information content (AvgIpc) is 3.25. The lowest BCUT2D eigenvalue weighted by atomic mass is 10.2. The minimum atomic E-state index is -0.333. The number of halogens is 1. The fourth-order valence-electron chi connectivity index (χ4n) is 2.50. The van der Waals surface area contributed by atoms with Gasteiger partial charge in [-0.25, -0.2) is 15.0 Å². The number of hydrogen-bond donors (Lipinski definition) is 3. The Hall–Kier alpha value is -3.19. The molecule has 0 radical (unpaired) electrons. The molecule has 124 valence electrons. The van der Waals surface area contributed by atoms with Gasteiger partial charge in [0, 0.05) is 29.8 Å². The third-order valence-corrected chi connectivity index (χ3v) is 4.00. The first-order chi connectivity index (χ1) is 12.1. The van der Waals surface area contributed by atoms with Gasteiger partial charge in [0.2, 0.25) is 0 Å². The molecule has 3 aromatic heterocycles. The maximum Gasteiger partial charge on any atom is 0.291 e. The highest BCUT2D eigenvalue weighted by molar-refractivity contribution is 6.33. The van der Waals surface area contributed by atoms with E-state index in [2.05, 4.69) is 30.2 Å². The quantitative estimate of drug-likeness (QED) is 0.525. The lowest BCUT2D eigenvalue weighted by molar-refractivity contribution is 0.101. The molecule has 3 heterocycles. The molecule has 0 fully saturated rings. The van der Waals surface area contributed by atoms with E-state index in [0.29, 0.717) is 27.7 Å². The van der Waals surface area contributed by atoms with Crippen molar-refractivity contribution in [3.8, 4) is 11.4 Å². The predicted octanol–water partition coefficient (Wildman–Crippen LogP) is 3.56. The number of aryl methyl sites for hydroxylation is 1. The van der Waals surface area contributed by atoms with E-state index in [0.717, 1.165) is 11.1 Å². The van der Waals surface area contributed by atoms with Crippen LogP contribution in [0.4, 0.5) is 5.69 Å². The zero-order valence-corrected chi connectivity index (χ0v) is 13.9. The number of anilines is 1. The van der Waals surface area contributed by atoms with Crippen molar-refractivity contribution in [2.24, 2.45) is 0 Å². The maximum absolute atomic E-state index is 12.1. The topological polar surface area (TPSA) is 99.3 Å². The zero-order chi connectivity index (χ0) is 17.4. The summed E-state index contributed by atoms with van der Waals surface area (Å²) in [6.45, 7) is 1.96. The summed E-state index contributed by atoms with van der Waals surface area (Å²) >= 11 is 6.31. The number of benzene rings is 1. The molecule has 0 bridgehead atoms. The van der Waals surface area contributed by atoms with Crippen LogP contribution in [0.5, 0.6) is 0 Å². The molecule has 25 heavy (non-hydrogen) atoms. The molecule has 0 unspecified atom stereocenters. The van der Waals surface area contributed by atoms with Gasteiger partial charge in [-0.15, -0.1) is 0 Å². The number of fused-ring (bicyclic) bond motifs is 1. The van der Waals surface area contributed by atoms with Crippen molar-refractivity contribution in [2.45, 2.75) is 6.92 Å². The highest BCUT2D eigenvalue weighted by atomic mass is 35.5. The van der Waals surface area contributed by atoms with Gasteiger partial charge >= 0.3 is 0 Å². The van der Waals surface area contributed by atoms with E-state index in [4.69, 9.17) is 11.6 Å². The Morgan fingerprint density at radius 3 is 2.92 bits per heavy atom. The van der Waals surface area contributed by atoms with Crippen molar-refractivity contribution < 1.29 is 4.79 Å². The van der Waals surface area contributed by atoms with E-state index in [-0.39, 0.29) is 11.7 Å². The van der Waals surface area contributed by atoms with E-state index in [1.807, 2.05) is 13.0 Å². The summed E-state index contributed by atoms with van der Waals surface area (Å²) in [5.74, 6) is 0.493. The Bertz CT molecular complexity index is 1070. The van der Waals surface area contributed by atoms with Crippen molar-refractivity contribution in [1.82, 2.24) is 24.9 Å². The second-order valence-corrected chi connectivity index (χ2v) is 5.96. The monoisotopic (exact) mass is 352 g/mol. The van der Waals surface area contributed by atoms with Crippen LogP contribution in [-0.4, -0.2) is 30.8 Å². The van der Waals surface area contributed by atoms with Crippen molar-refractivity contribution in [3.05, 3.63) is 59.3 Å². The number of aromatic amines is 2. The lowest BCUT2D eigenvalue weighted by Gasteiger charge is -2.07. The molecule has 7 nitrogen and oxygen atoms in total. The molecule has 3 N–H and O–H groups in total. The number of hydrogen-bond acceptors (Lipinski definition) is 4. The number of nitrogens with one attached hydrogen (secondary N) is 3. The zero-order valence-electron chi connectivity index (χ0n) is 13.2. The standard InChI is InChI=1S/C17H13ClN6O/c1-9-6-13-15(21-8-9)24-14(23-13)11-7-10(2-3-12(11)18)22-17(25)16-19-4-5-20-16/h2-8H,1H3,(H,19,20)(H,22,25)(H,21,23,24). The Labute approximate surface area is 147 Å². The first-order valence-electron chi connectivity index (χ1n) is 7.53. The van der Waals surface area contributed by atoms with Crippen molar-refractivity contribution in [2.75, 3.05) is 5.32 Å². The number of amides is 1. The molecule has 4 rings (SSSR count). The van der Waals surface area contributed by atoms with Gasteiger partial charge < -0.3 is 15.3 Å². The van der Waals surface area contributed by atoms with Crippen LogP contribution in [-0.2, 0) is 0 Å². The van der Waals surface area contributed by atoms with Crippen LogP contribution in [0.25, 0.3) is 22.6 Å². The van der Waals surface area contributed by atoms with E-state index >= 15 is 0 Å². The summed E-state index contributed by atoms with van der Waals surface area (Å²) < 4.78 is 0. The van der Waals surface area contributed by atoms with Crippen LogP contribution in [0.1, 0.15) is 16.2 Å².